The smallest absolute Gasteiger partial charge is 0.410 e. The van der Waals surface area contributed by atoms with Gasteiger partial charge in [-0.3, -0.25) is 0 Å². The fourth-order valence-electron chi connectivity index (χ4n) is 2.71. The van der Waals surface area contributed by atoms with E-state index in [0.29, 0.717) is 19.2 Å². The van der Waals surface area contributed by atoms with Gasteiger partial charge in [0.25, 0.3) is 0 Å². The Morgan fingerprint density at radius 1 is 1.25 bits per heavy atom. The highest BCUT2D eigenvalue weighted by molar-refractivity contribution is 5.68. The van der Waals surface area contributed by atoms with E-state index in [2.05, 4.69) is 6.58 Å². The summed E-state index contributed by atoms with van der Waals surface area (Å²) in [6.07, 6.45) is 7.38. The van der Waals surface area contributed by atoms with Crippen molar-refractivity contribution in [1.29, 1.82) is 0 Å². The molecule has 2 rings (SSSR count). The van der Waals surface area contributed by atoms with Crippen LogP contribution in [0.1, 0.15) is 37.7 Å². The van der Waals surface area contributed by atoms with E-state index in [-0.39, 0.29) is 6.09 Å². The Morgan fingerprint density at radius 2 is 1.95 bits per heavy atom. The second-order valence-corrected chi connectivity index (χ2v) is 5.27. The van der Waals surface area contributed by atoms with Gasteiger partial charge in [0.15, 0.2) is 0 Å². The summed E-state index contributed by atoms with van der Waals surface area (Å²) >= 11 is 0. The van der Waals surface area contributed by atoms with Gasteiger partial charge in [-0.25, -0.2) is 4.79 Å². The van der Waals surface area contributed by atoms with Crippen LogP contribution in [0.15, 0.2) is 43.0 Å². The first-order chi connectivity index (χ1) is 9.81. The number of benzene rings is 1. The van der Waals surface area contributed by atoms with Gasteiger partial charge in [0.2, 0.25) is 0 Å². The third-order valence-corrected chi connectivity index (χ3v) is 3.78. The Kier molecular flexibility index (Phi) is 5.66. The van der Waals surface area contributed by atoms with E-state index in [0.717, 1.165) is 18.4 Å². The van der Waals surface area contributed by atoms with Crippen LogP contribution in [0.25, 0.3) is 0 Å². The summed E-state index contributed by atoms with van der Waals surface area (Å²) in [6.45, 7) is 4.65. The Morgan fingerprint density at radius 3 is 2.60 bits per heavy atom. The Labute approximate surface area is 121 Å². The monoisotopic (exact) mass is 273 g/mol. The number of nitrogens with zero attached hydrogens (tertiary/aromatic N) is 1. The standard InChI is InChI=1S/C17H23NO2/c1-2-13-18(16-11-7-4-8-12-16)17(19)20-14-15-9-5-3-6-10-15/h2-3,5-6,9-10,16H,1,4,7-8,11-14H2. The zero-order valence-electron chi connectivity index (χ0n) is 12.0. The molecule has 1 amide bonds. The number of hydrogen-bond acceptors (Lipinski definition) is 2. The first-order valence-corrected chi connectivity index (χ1v) is 7.39. The van der Waals surface area contributed by atoms with E-state index in [1.54, 1.807) is 6.08 Å². The second-order valence-electron chi connectivity index (χ2n) is 5.27. The van der Waals surface area contributed by atoms with Crippen molar-refractivity contribution >= 4 is 6.09 Å². The van der Waals surface area contributed by atoms with Crippen LogP contribution in [-0.2, 0) is 11.3 Å². The number of carbonyl (C=O) groups is 1. The van der Waals surface area contributed by atoms with Crippen LogP contribution in [0.5, 0.6) is 0 Å². The molecule has 20 heavy (non-hydrogen) atoms. The van der Waals surface area contributed by atoms with Crippen molar-refractivity contribution < 1.29 is 9.53 Å². The largest absolute Gasteiger partial charge is 0.445 e. The normalized spacial score (nSPS) is 15.6. The van der Waals surface area contributed by atoms with Crippen molar-refractivity contribution in [3.05, 3.63) is 48.6 Å². The Hall–Kier alpha value is -1.77. The minimum atomic E-state index is -0.222. The quantitative estimate of drug-likeness (QED) is 0.754. The van der Waals surface area contributed by atoms with Gasteiger partial charge in [0.05, 0.1) is 0 Å². The van der Waals surface area contributed by atoms with Crippen molar-refractivity contribution in [2.75, 3.05) is 6.54 Å². The lowest BCUT2D eigenvalue weighted by atomic mass is 9.94. The van der Waals surface area contributed by atoms with Crippen LogP contribution < -0.4 is 0 Å². The molecule has 0 saturated heterocycles. The van der Waals surface area contributed by atoms with Crippen LogP contribution in [0.4, 0.5) is 4.79 Å². The lowest BCUT2D eigenvalue weighted by Gasteiger charge is -2.32. The molecule has 0 aliphatic heterocycles. The summed E-state index contributed by atoms with van der Waals surface area (Å²) in [5.41, 5.74) is 1.02. The second kappa shape index (κ2) is 7.73. The maximum absolute atomic E-state index is 12.3. The van der Waals surface area contributed by atoms with Crippen LogP contribution in [0, 0.1) is 0 Å². The zero-order chi connectivity index (χ0) is 14.2. The van der Waals surface area contributed by atoms with Gasteiger partial charge in [-0.15, -0.1) is 6.58 Å². The predicted molar refractivity (Wildman–Crippen MR) is 80.4 cm³/mol. The van der Waals surface area contributed by atoms with E-state index in [9.17, 15) is 4.79 Å². The molecule has 108 valence electrons. The molecule has 1 aliphatic rings. The molecule has 1 aromatic carbocycles. The number of ether oxygens (including phenoxy) is 1. The summed E-state index contributed by atoms with van der Waals surface area (Å²) in [7, 11) is 0. The SMILES string of the molecule is C=CCN(C(=O)OCc1ccccc1)C1CCCCC1. The molecule has 0 atom stereocenters. The molecule has 1 aromatic rings. The molecular formula is C17H23NO2. The van der Waals surface area contributed by atoms with E-state index >= 15 is 0 Å². The molecule has 1 fully saturated rings. The lowest BCUT2D eigenvalue weighted by molar-refractivity contribution is 0.0772. The van der Waals surface area contributed by atoms with Gasteiger partial charge >= 0.3 is 6.09 Å². The van der Waals surface area contributed by atoms with E-state index in [1.165, 1.54) is 19.3 Å². The molecular weight excluding hydrogens is 250 g/mol. The van der Waals surface area contributed by atoms with Gasteiger partial charge in [-0.05, 0) is 18.4 Å². The highest BCUT2D eigenvalue weighted by atomic mass is 16.6. The predicted octanol–water partition coefficient (Wildman–Crippen LogP) is 4.14. The number of carbonyl (C=O) groups excluding carboxylic acids is 1. The summed E-state index contributed by atoms with van der Waals surface area (Å²) < 4.78 is 5.44. The highest BCUT2D eigenvalue weighted by Gasteiger charge is 2.25. The first kappa shape index (κ1) is 14.6. The van der Waals surface area contributed by atoms with E-state index < -0.39 is 0 Å². The molecule has 1 saturated carbocycles. The summed E-state index contributed by atoms with van der Waals surface area (Å²) in [4.78, 5) is 14.1. The molecule has 0 bridgehead atoms. The highest BCUT2D eigenvalue weighted by Crippen LogP contribution is 2.23. The van der Waals surface area contributed by atoms with Crippen LogP contribution in [-0.4, -0.2) is 23.6 Å². The van der Waals surface area contributed by atoms with Gasteiger partial charge in [-0.2, -0.15) is 0 Å². The van der Waals surface area contributed by atoms with Crippen molar-refractivity contribution in [3.8, 4) is 0 Å². The summed E-state index contributed by atoms with van der Waals surface area (Å²) in [6, 6.07) is 10.1. The Bertz CT molecular complexity index is 424. The maximum atomic E-state index is 12.3. The third kappa shape index (κ3) is 4.12. The third-order valence-electron chi connectivity index (χ3n) is 3.78. The zero-order valence-corrected chi connectivity index (χ0v) is 12.0. The van der Waals surface area contributed by atoms with Crippen molar-refractivity contribution in [2.24, 2.45) is 0 Å². The van der Waals surface area contributed by atoms with Gasteiger partial charge in [0, 0.05) is 12.6 Å². The van der Waals surface area contributed by atoms with Crippen molar-refractivity contribution in [2.45, 2.75) is 44.8 Å². The maximum Gasteiger partial charge on any atom is 0.410 e. The molecule has 0 aromatic heterocycles. The lowest BCUT2D eigenvalue weighted by Crippen LogP contribution is -2.41. The van der Waals surface area contributed by atoms with Crippen LogP contribution in [0.3, 0.4) is 0 Å². The Balaban J connectivity index is 1.90. The average molecular weight is 273 g/mol. The number of amides is 1. The molecule has 0 radical (unpaired) electrons. The van der Waals surface area contributed by atoms with Gasteiger partial charge < -0.3 is 9.64 Å². The molecule has 0 heterocycles. The fraction of sp³-hybridized carbons (Fsp3) is 0.471. The molecule has 3 nitrogen and oxygen atoms in total. The topological polar surface area (TPSA) is 29.5 Å². The van der Waals surface area contributed by atoms with E-state index in [1.807, 2.05) is 35.2 Å². The average Bonchev–Trinajstić information content (AvgIpc) is 2.52. The van der Waals surface area contributed by atoms with E-state index in [4.69, 9.17) is 4.74 Å². The molecule has 3 heteroatoms. The van der Waals surface area contributed by atoms with Crippen molar-refractivity contribution in [3.63, 3.8) is 0 Å². The minimum Gasteiger partial charge on any atom is -0.445 e. The number of rotatable bonds is 5. The van der Waals surface area contributed by atoms with Gasteiger partial charge in [-0.1, -0.05) is 55.7 Å². The number of hydrogen-bond donors (Lipinski definition) is 0. The fourth-order valence-corrected chi connectivity index (χ4v) is 2.71. The summed E-state index contributed by atoms with van der Waals surface area (Å²) in [5, 5.41) is 0. The van der Waals surface area contributed by atoms with Gasteiger partial charge in [0.1, 0.15) is 6.61 Å². The molecule has 1 aliphatic carbocycles. The molecule has 0 spiro atoms. The van der Waals surface area contributed by atoms with Crippen LogP contribution >= 0.6 is 0 Å². The van der Waals surface area contributed by atoms with Crippen LogP contribution in [0.2, 0.25) is 0 Å². The van der Waals surface area contributed by atoms with Crippen molar-refractivity contribution in [1.82, 2.24) is 4.90 Å². The molecule has 0 N–H and O–H groups in total. The summed E-state index contributed by atoms with van der Waals surface area (Å²) in [5.74, 6) is 0. The molecule has 0 unspecified atom stereocenters. The minimum absolute atomic E-state index is 0.222. The first-order valence-electron chi connectivity index (χ1n) is 7.39.